The molecule has 1 aromatic carbocycles. The van der Waals surface area contributed by atoms with Crippen molar-refractivity contribution >= 4 is 12.6 Å². The van der Waals surface area contributed by atoms with E-state index in [1.807, 2.05) is 18.2 Å². The molecule has 1 aromatic rings. The zero-order chi connectivity index (χ0) is 13.0. The molecule has 0 saturated heterocycles. The molecule has 2 rings (SSSR count). The van der Waals surface area contributed by atoms with E-state index < -0.39 is 7.12 Å². The molecule has 0 aromatic heterocycles. The summed E-state index contributed by atoms with van der Waals surface area (Å²) in [6.45, 7) is 1.89. The van der Waals surface area contributed by atoms with Crippen LogP contribution in [0.4, 0.5) is 0 Å². The molecule has 1 fully saturated rings. The highest BCUT2D eigenvalue weighted by atomic mass is 16.4. The van der Waals surface area contributed by atoms with Crippen LogP contribution in [0.5, 0.6) is 0 Å². The van der Waals surface area contributed by atoms with Gasteiger partial charge in [0.15, 0.2) is 0 Å². The summed E-state index contributed by atoms with van der Waals surface area (Å²) >= 11 is 0. The molecular formula is C14H22BNO2. The van der Waals surface area contributed by atoms with E-state index in [2.05, 4.69) is 11.9 Å². The summed E-state index contributed by atoms with van der Waals surface area (Å²) in [6, 6.07) is 7.54. The molecule has 0 aliphatic heterocycles. The normalized spacial score (nSPS) is 16.4. The van der Waals surface area contributed by atoms with E-state index in [-0.39, 0.29) is 0 Å². The Morgan fingerprint density at radius 1 is 1.22 bits per heavy atom. The van der Waals surface area contributed by atoms with Crippen LogP contribution in [0, 0.1) is 5.92 Å². The molecule has 1 saturated carbocycles. The molecule has 98 valence electrons. The van der Waals surface area contributed by atoms with Crippen LogP contribution in [0.2, 0.25) is 0 Å². The second-order valence-electron chi connectivity index (χ2n) is 5.42. The molecule has 0 heterocycles. The number of nitrogens with zero attached hydrogens (tertiary/aromatic N) is 1. The SMILES string of the molecule is CN(Cc1ccccc1B(O)O)CC1CCCC1. The first kappa shape index (κ1) is 13.6. The van der Waals surface area contributed by atoms with Gasteiger partial charge in [0.2, 0.25) is 0 Å². The summed E-state index contributed by atoms with van der Waals surface area (Å²) in [5.41, 5.74) is 1.63. The maximum Gasteiger partial charge on any atom is 0.488 e. The molecule has 4 heteroatoms. The molecule has 3 nitrogen and oxygen atoms in total. The lowest BCUT2D eigenvalue weighted by Gasteiger charge is -2.22. The van der Waals surface area contributed by atoms with Crippen molar-refractivity contribution in [2.45, 2.75) is 32.2 Å². The van der Waals surface area contributed by atoms with E-state index >= 15 is 0 Å². The molecule has 0 amide bonds. The van der Waals surface area contributed by atoms with E-state index in [9.17, 15) is 10.0 Å². The summed E-state index contributed by atoms with van der Waals surface area (Å²) in [5, 5.41) is 18.7. The minimum atomic E-state index is -1.37. The Hall–Kier alpha value is -0.835. The van der Waals surface area contributed by atoms with Crippen molar-refractivity contribution in [2.24, 2.45) is 5.92 Å². The Morgan fingerprint density at radius 3 is 2.56 bits per heavy atom. The highest BCUT2D eigenvalue weighted by Gasteiger charge is 2.19. The second-order valence-corrected chi connectivity index (χ2v) is 5.42. The molecule has 1 aliphatic carbocycles. The monoisotopic (exact) mass is 247 g/mol. The van der Waals surface area contributed by atoms with Crippen molar-refractivity contribution in [3.8, 4) is 0 Å². The first-order valence-electron chi connectivity index (χ1n) is 6.79. The maximum atomic E-state index is 9.34. The largest absolute Gasteiger partial charge is 0.488 e. The smallest absolute Gasteiger partial charge is 0.423 e. The van der Waals surface area contributed by atoms with Crippen LogP contribution in [0.3, 0.4) is 0 Å². The summed E-state index contributed by atoms with van der Waals surface area (Å²) in [6.07, 6.45) is 5.41. The van der Waals surface area contributed by atoms with Gasteiger partial charge >= 0.3 is 7.12 Å². The van der Waals surface area contributed by atoms with Gasteiger partial charge in [-0.3, -0.25) is 0 Å². The van der Waals surface area contributed by atoms with Gasteiger partial charge in [0, 0.05) is 13.1 Å². The quantitative estimate of drug-likeness (QED) is 0.762. The number of rotatable bonds is 5. The number of hydrogen-bond acceptors (Lipinski definition) is 3. The van der Waals surface area contributed by atoms with Gasteiger partial charge in [-0.2, -0.15) is 0 Å². The van der Waals surface area contributed by atoms with Crippen LogP contribution < -0.4 is 5.46 Å². The Kier molecular flexibility index (Phi) is 4.81. The van der Waals surface area contributed by atoms with Crippen molar-refractivity contribution in [1.82, 2.24) is 4.90 Å². The highest BCUT2D eigenvalue weighted by molar-refractivity contribution is 6.59. The third-order valence-corrected chi connectivity index (χ3v) is 3.82. The molecule has 0 atom stereocenters. The van der Waals surface area contributed by atoms with Crippen LogP contribution in [0.25, 0.3) is 0 Å². The average Bonchev–Trinajstić information content (AvgIpc) is 2.82. The third kappa shape index (κ3) is 3.58. The third-order valence-electron chi connectivity index (χ3n) is 3.82. The van der Waals surface area contributed by atoms with Gasteiger partial charge in [0.25, 0.3) is 0 Å². The molecule has 0 unspecified atom stereocenters. The molecule has 0 spiro atoms. The first-order valence-corrected chi connectivity index (χ1v) is 6.79. The van der Waals surface area contributed by atoms with Crippen molar-refractivity contribution in [3.63, 3.8) is 0 Å². The van der Waals surface area contributed by atoms with Gasteiger partial charge in [0.05, 0.1) is 0 Å². The zero-order valence-corrected chi connectivity index (χ0v) is 11.0. The lowest BCUT2D eigenvalue weighted by atomic mass is 9.77. The summed E-state index contributed by atoms with van der Waals surface area (Å²) in [7, 11) is 0.736. The van der Waals surface area contributed by atoms with E-state index in [4.69, 9.17) is 0 Å². The van der Waals surface area contributed by atoms with Gasteiger partial charge < -0.3 is 14.9 Å². The molecular weight excluding hydrogens is 225 g/mol. The van der Waals surface area contributed by atoms with Crippen molar-refractivity contribution in [1.29, 1.82) is 0 Å². The van der Waals surface area contributed by atoms with Gasteiger partial charge in [-0.15, -0.1) is 0 Å². The highest BCUT2D eigenvalue weighted by Crippen LogP contribution is 2.25. The van der Waals surface area contributed by atoms with Gasteiger partial charge in [-0.25, -0.2) is 0 Å². The van der Waals surface area contributed by atoms with Crippen molar-refractivity contribution in [2.75, 3.05) is 13.6 Å². The van der Waals surface area contributed by atoms with Crippen LogP contribution in [-0.2, 0) is 6.54 Å². The topological polar surface area (TPSA) is 43.7 Å². The fourth-order valence-corrected chi connectivity index (χ4v) is 2.92. The number of hydrogen-bond donors (Lipinski definition) is 2. The minimum Gasteiger partial charge on any atom is -0.423 e. The van der Waals surface area contributed by atoms with E-state index in [0.29, 0.717) is 5.46 Å². The maximum absolute atomic E-state index is 9.34. The summed E-state index contributed by atoms with van der Waals surface area (Å²) in [5.74, 6) is 0.821. The van der Waals surface area contributed by atoms with E-state index in [1.165, 1.54) is 25.7 Å². The Balaban J connectivity index is 1.95. The summed E-state index contributed by atoms with van der Waals surface area (Å²) < 4.78 is 0. The van der Waals surface area contributed by atoms with Crippen molar-refractivity contribution < 1.29 is 10.0 Å². The molecule has 0 radical (unpaired) electrons. The van der Waals surface area contributed by atoms with Gasteiger partial charge in [-0.05, 0) is 36.8 Å². The van der Waals surface area contributed by atoms with Crippen LogP contribution in [0.1, 0.15) is 31.2 Å². The Labute approximate surface area is 110 Å². The predicted octanol–water partition coefficient (Wildman–Crippen LogP) is 0.988. The predicted molar refractivity (Wildman–Crippen MR) is 74.6 cm³/mol. The van der Waals surface area contributed by atoms with Gasteiger partial charge in [-0.1, -0.05) is 37.1 Å². The van der Waals surface area contributed by atoms with Crippen LogP contribution >= 0.6 is 0 Å². The fraction of sp³-hybridized carbons (Fsp3) is 0.571. The van der Waals surface area contributed by atoms with E-state index in [0.717, 1.165) is 24.6 Å². The second kappa shape index (κ2) is 6.37. The zero-order valence-electron chi connectivity index (χ0n) is 11.0. The Morgan fingerprint density at radius 2 is 1.89 bits per heavy atom. The molecule has 18 heavy (non-hydrogen) atoms. The lowest BCUT2D eigenvalue weighted by molar-refractivity contribution is 0.271. The van der Waals surface area contributed by atoms with Gasteiger partial charge in [0.1, 0.15) is 0 Å². The van der Waals surface area contributed by atoms with Crippen LogP contribution in [0.15, 0.2) is 24.3 Å². The van der Waals surface area contributed by atoms with Crippen molar-refractivity contribution in [3.05, 3.63) is 29.8 Å². The average molecular weight is 247 g/mol. The molecule has 2 N–H and O–H groups in total. The summed E-state index contributed by atoms with van der Waals surface area (Å²) in [4.78, 5) is 2.29. The fourth-order valence-electron chi connectivity index (χ4n) is 2.92. The first-order chi connectivity index (χ1) is 8.66. The molecule has 1 aliphatic rings. The number of benzene rings is 1. The minimum absolute atomic E-state index is 0.621. The van der Waals surface area contributed by atoms with E-state index in [1.54, 1.807) is 6.07 Å². The Bertz CT molecular complexity index is 378. The van der Waals surface area contributed by atoms with Crippen LogP contribution in [-0.4, -0.2) is 35.7 Å². The molecule has 0 bridgehead atoms. The standard InChI is InChI=1S/C14H22BNO2/c1-16(10-12-6-2-3-7-12)11-13-8-4-5-9-14(13)15(17)18/h4-5,8-9,12,17-18H,2-3,6-7,10-11H2,1H3. The lowest BCUT2D eigenvalue weighted by Crippen LogP contribution is -2.35.